The normalized spacial score (nSPS) is 47.5. The van der Waals surface area contributed by atoms with Gasteiger partial charge in [-0.25, -0.2) is 0 Å². The summed E-state index contributed by atoms with van der Waals surface area (Å²) in [5.41, 5.74) is 3.72. The summed E-state index contributed by atoms with van der Waals surface area (Å²) in [6, 6.07) is 4.33. The molecule has 1 N–H and O–H groups in total. The summed E-state index contributed by atoms with van der Waals surface area (Å²) in [6.45, 7) is 5.12. The molecule has 2 unspecified atom stereocenters. The van der Waals surface area contributed by atoms with Crippen LogP contribution >= 0.6 is 0 Å². The van der Waals surface area contributed by atoms with Crippen LogP contribution in [0.5, 0.6) is 0 Å². The van der Waals surface area contributed by atoms with Crippen molar-refractivity contribution in [3.63, 3.8) is 0 Å². The van der Waals surface area contributed by atoms with Crippen molar-refractivity contribution >= 4 is 5.57 Å². The van der Waals surface area contributed by atoms with Gasteiger partial charge in [-0.3, -0.25) is 4.98 Å². The number of nitrogens with zero attached hydrogens (tertiary/aromatic N) is 1. The van der Waals surface area contributed by atoms with Gasteiger partial charge in [-0.05, 0) is 103 Å². The van der Waals surface area contributed by atoms with E-state index in [0.717, 1.165) is 36.5 Å². The van der Waals surface area contributed by atoms with E-state index in [-0.39, 0.29) is 6.10 Å². The molecule has 2 nitrogen and oxygen atoms in total. The molecule has 0 aliphatic heterocycles. The predicted molar refractivity (Wildman–Crippen MR) is 105 cm³/mol. The van der Waals surface area contributed by atoms with E-state index in [4.69, 9.17) is 0 Å². The maximum atomic E-state index is 10.2. The molecule has 4 aliphatic rings. The number of aliphatic hydroxyl groups excluding tert-OH is 1. The van der Waals surface area contributed by atoms with E-state index in [2.05, 4.69) is 43.2 Å². The van der Waals surface area contributed by atoms with E-state index in [0.29, 0.717) is 10.8 Å². The van der Waals surface area contributed by atoms with Crippen LogP contribution in [0.4, 0.5) is 0 Å². The highest BCUT2D eigenvalue weighted by molar-refractivity contribution is 5.72. The summed E-state index contributed by atoms with van der Waals surface area (Å²) < 4.78 is 0. The van der Waals surface area contributed by atoms with Crippen molar-refractivity contribution in [3.05, 3.63) is 36.2 Å². The summed E-state index contributed by atoms with van der Waals surface area (Å²) in [5, 5.41) is 10.2. The third-order valence-corrected chi connectivity index (χ3v) is 9.19. The van der Waals surface area contributed by atoms with Crippen molar-refractivity contribution in [2.75, 3.05) is 0 Å². The number of pyridine rings is 1. The van der Waals surface area contributed by atoms with Gasteiger partial charge < -0.3 is 5.11 Å². The fourth-order valence-electron chi connectivity index (χ4n) is 7.77. The van der Waals surface area contributed by atoms with Crippen LogP contribution in [0.3, 0.4) is 0 Å². The molecule has 3 fully saturated rings. The number of aromatic nitrogens is 1. The van der Waals surface area contributed by atoms with Crippen LogP contribution in [0, 0.1) is 34.5 Å². The number of hydrogen-bond acceptors (Lipinski definition) is 2. The fourth-order valence-corrected chi connectivity index (χ4v) is 7.77. The van der Waals surface area contributed by atoms with Crippen LogP contribution in [0.15, 0.2) is 30.6 Å². The lowest BCUT2D eigenvalue weighted by Gasteiger charge is -2.60. The molecule has 0 radical (unpaired) electrons. The Morgan fingerprint density at radius 2 is 1.96 bits per heavy atom. The van der Waals surface area contributed by atoms with Crippen LogP contribution in [-0.4, -0.2) is 16.2 Å². The Balaban J connectivity index is 1.44. The second kappa shape index (κ2) is 5.92. The topological polar surface area (TPSA) is 33.1 Å². The maximum absolute atomic E-state index is 10.2. The molecule has 0 amide bonds. The van der Waals surface area contributed by atoms with Crippen LogP contribution in [0.2, 0.25) is 0 Å². The quantitative estimate of drug-likeness (QED) is 0.727. The maximum Gasteiger partial charge on any atom is 0.0543 e. The fraction of sp³-hybridized carbons (Fsp3) is 0.708. The zero-order valence-corrected chi connectivity index (χ0v) is 16.3. The number of fused-ring (bicyclic) bond motifs is 5. The van der Waals surface area contributed by atoms with Crippen LogP contribution in [-0.2, 0) is 0 Å². The Bertz CT molecular complexity index is 712. The summed E-state index contributed by atoms with van der Waals surface area (Å²) in [5.74, 6) is 3.30. The molecule has 3 saturated carbocycles. The van der Waals surface area contributed by atoms with E-state index in [1.807, 2.05) is 6.20 Å². The minimum atomic E-state index is -0.0381. The Labute approximate surface area is 158 Å². The van der Waals surface area contributed by atoms with Gasteiger partial charge in [0.25, 0.3) is 0 Å². The zero-order chi connectivity index (χ0) is 17.9. The Kier molecular flexibility index (Phi) is 3.87. The van der Waals surface area contributed by atoms with Crippen molar-refractivity contribution in [2.45, 2.75) is 71.3 Å². The summed E-state index contributed by atoms with van der Waals surface area (Å²) >= 11 is 0. The molecule has 0 spiro atoms. The lowest BCUT2D eigenvalue weighted by Crippen LogP contribution is -2.53. The molecule has 0 bridgehead atoms. The van der Waals surface area contributed by atoms with E-state index in [1.165, 1.54) is 44.1 Å². The van der Waals surface area contributed by atoms with Gasteiger partial charge in [0, 0.05) is 12.4 Å². The van der Waals surface area contributed by atoms with Crippen LogP contribution in [0.1, 0.15) is 70.8 Å². The number of allylic oxidation sites excluding steroid dienone is 2. The monoisotopic (exact) mass is 351 g/mol. The van der Waals surface area contributed by atoms with Gasteiger partial charge in [0.15, 0.2) is 0 Å². The van der Waals surface area contributed by atoms with Gasteiger partial charge >= 0.3 is 0 Å². The van der Waals surface area contributed by atoms with Gasteiger partial charge in [-0.2, -0.15) is 0 Å². The third kappa shape index (κ3) is 2.30. The van der Waals surface area contributed by atoms with Gasteiger partial charge in [-0.15, -0.1) is 0 Å². The number of aliphatic hydroxyl groups is 1. The standard InChI is InChI=1S/C24H33NO/c1-23-11-9-18(26)14-17(23)5-6-19-21-8-7-20(16-4-3-13-25-15-16)24(21,2)12-10-22(19)23/h3-4,7,13,15,17-19,21-22,26H,5-6,8-12,14H2,1-2H3/t17?,18?,19-,21-,22-,23-,24+/m0/s1. The molecular weight excluding hydrogens is 318 g/mol. The van der Waals surface area contributed by atoms with Crippen molar-refractivity contribution in [2.24, 2.45) is 34.5 Å². The van der Waals surface area contributed by atoms with Crippen LogP contribution < -0.4 is 0 Å². The average Bonchev–Trinajstić information content (AvgIpc) is 3.00. The Morgan fingerprint density at radius 1 is 1.08 bits per heavy atom. The molecular formula is C24H33NO. The molecule has 1 heterocycles. The molecule has 1 aromatic rings. The SMILES string of the molecule is C[C@]12CCC(O)CC1CC[C@@H]1[C@@H]2CC[C@]2(C)C(c3cccnc3)=CC[C@@H]12. The molecule has 140 valence electrons. The first-order valence-corrected chi connectivity index (χ1v) is 10.8. The molecule has 2 heteroatoms. The lowest BCUT2D eigenvalue weighted by molar-refractivity contribution is -0.115. The largest absolute Gasteiger partial charge is 0.393 e. The lowest BCUT2D eigenvalue weighted by atomic mass is 9.44. The second-order valence-electron chi connectivity index (χ2n) is 10.1. The van der Waals surface area contributed by atoms with E-state index in [9.17, 15) is 5.11 Å². The highest BCUT2D eigenvalue weighted by atomic mass is 16.3. The van der Waals surface area contributed by atoms with Gasteiger partial charge in [0.2, 0.25) is 0 Å². The Hall–Kier alpha value is -1.15. The molecule has 0 aromatic carbocycles. The predicted octanol–water partition coefficient (Wildman–Crippen LogP) is 5.48. The number of hydrogen-bond donors (Lipinski definition) is 1. The molecule has 1 aromatic heterocycles. The minimum absolute atomic E-state index is 0.0381. The van der Waals surface area contributed by atoms with Gasteiger partial charge in [0.05, 0.1) is 6.10 Å². The van der Waals surface area contributed by atoms with Crippen molar-refractivity contribution < 1.29 is 5.11 Å². The molecule has 5 rings (SSSR count). The van der Waals surface area contributed by atoms with Crippen molar-refractivity contribution in [3.8, 4) is 0 Å². The molecule has 7 atom stereocenters. The Morgan fingerprint density at radius 3 is 2.77 bits per heavy atom. The first kappa shape index (κ1) is 17.0. The highest BCUT2D eigenvalue weighted by Crippen LogP contribution is 2.67. The summed E-state index contributed by atoms with van der Waals surface area (Å²) in [6.07, 6.45) is 16.4. The molecule has 26 heavy (non-hydrogen) atoms. The smallest absolute Gasteiger partial charge is 0.0543 e. The van der Waals surface area contributed by atoms with E-state index >= 15 is 0 Å². The van der Waals surface area contributed by atoms with Gasteiger partial charge in [-0.1, -0.05) is 26.0 Å². The van der Waals surface area contributed by atoms with E-state index < -0.39 is 0 Å². The summed E-state index contributed by atoms with van der Waals surface area (Å²) in [7, 11) is 0. The first-order valence-electron chi connectivity index (χ1n) is 10.8. The van der Waals surface area contributed by atoms with Crippen molar-refractivity contribution in [1.29, 1.82) is 0 Å². The second-order valence-corrected chi connectivity index (χ2v) is 10.1. The minimum Gasteiger partial charge on any atom is -0.393 e. The first-order chi connectivity index (χ1) is 12.5. The van der Waals surface area contributed by atoms with Crippen molar-refractivity contribution in [1.82, 2.24) is 4.98 Å². The van der Waals surface area contributed by atoms with Crippen LogP contribution in [0.25, 0.3) is 5.57 Å². The summed E-state index contributed by atoms with van der Waals surface area (Å²) in [4.78, 5) is 4.39. The molecule has 0 saturated heterocycles. The molecule has 4 aliphatic carbocycles. The zero-order valence-electron chi connectivity index (χ0n) is 16.3. The average molecular weight is 352 g/mol. The highest BCUT2D eigenvalue weighted by Gasteiger charge is 2.58. The van der Waals surface area contributed by atoms with Gasteiger partial charge in [0.1, 0.15) is 0 Å². The third-order valence-electron chi connectivity index (χ3n) is 9.19. The number of rotatable bonds is 1. The van der Waals surface area contributed by atoms with E-state index in [1.54, 1.807) is 5.57 Å².